The zero-order valence-corrected chi connectivity index (χ0v) is 13.5. The van der Waals surface area contributed by atoms with Crippen molar-refractivity contribution in [1.82, 2.24) is 5.32 Å². The van der Waals surface area contributed by atoms with Gasteiger partial charge < -0.3 is 10.1 Å². The van der Waals surface area contributed by atoms with Gasteiger partial charge in [-0.05, 0) is 68.7 Å². The van der Waals surface area contributed by atoms with Gasteiger partial charge in [0.1, 0.15) is 0 Å². The van der Waals surface area contributed by atoms with Crippen molar-refractivity contribution in [2.75, 3.05) is 13.2 Å². The summed E-state index contributed by atoms with van der Waals surface area (Å²) < 4.78 is 5.82. The minimum Gasteiger partial charge on any atom is -0.378 e. The third kappa shape index (κ3) is 3.49. The van der Waals surface area contributed by atoms with Gasteiger partial charge >= 0.3 is 0 Å². The summed E-state index contributed by atoms with van der Waals surface area (Å²) >= 11 is 0. The molecule has 1 N–H and O–H groups in total. The van der Waals surface area contributed by atoms with Gasteiger partial charge in [-0.3, -0.25) is 0 Å². The van der Waals surface area contributed by atoms with Crippen molar-refractivity contribution in [3.63, 3.8) is 0 Å². The average molecular weight is 287 g/mol. The summed E-state index contributed by atoms with van der Waals surface area (Å²) in [4.78, 5) is 0. The van der Waals surface area contributed by atoms with E-state index in [0.29, 0.717) is 18.1 Å². The number of nitrogens with one attached hydrogen (secondary N) is 1. The van der Waals surface area contributed by atoms with Crippen LogP contribution in [-0.2, 0) is 17.6 Å². The largest absolute Gasteiger partial charge is 0.378 e. The molecule has 21 heavy (non-hydrogen) atoms. The summed E-state index contributed by atoms with van der Waals surface area (Å²) in [7, 11) is 0. The van der Waals surface area contributed by atoms with Crippen LogP contribution in [0.15, 0.2) is 18.2 Å². The van der Waals surface area contributed by atoms with E-state index in [1.807, 2.05) is 0 Å². The Labute approximate surface area is 129 Å². The lowest BCUT2D eigenvalue weighted by atomic mass is 9.85. The fourth-order valence-corrected chi connectivity index (χ4v) is 3.89. The smallest absolute Gasteiger partial charge is 0.0551 e. The fourth-order valence-electron chi connectivity index (χ4n) is 3.89. The molecule has 3 atom stereocenters. The molecular weight excluding hydrogens is 258 g/mol. The fraction of sp³-hybridized carbons (Fsp3) is 0.684. The molecule has 2 nitrogen and oxygen atoms in total. The normalized spacial score (nSPS) is 26.6. The van der Waals surface area contributed by atoms with Gasteiger partial charge in [-0.25, -0.2) is 0 Å². The second-order valence-electron chi connectivity index (χ2n) is 6.81. The lowest BCUT2D eigenvalue weighted by Gasteiger charge is -2.26. The molecule has 0 spiro atoms. The van der Waals surface area contributed by atoms with E-state index in [9.17, 15) is 0 Å². The van der Waals surface area contributed by atoms with Gasteiger partial charge in [0.05, 0.1) is 12.7 Å². The number of hydrogen-bond donors (Lipinski definition) is 1. The molecule has 0 saturated carbocycles. The Kier molecular flexibility index (Phi) is 4.97. The first-order valence-electron chi connectivity index (χ1n) is 8.74. The number of fused-ring (bicyclic) bond motifs is 1. The molecule has 0 radical (unpaired) electrons. The summed E-state index contributed by atoms with van der Waals surface area (Å²) in [5.41, 5.74) is 4.65. The highest BCUT2D eigenvalue weighted by Gasteiger charge is 2.30. The molecule has 3 rings (SSSR count). The molecule has 2 aliphatic rings. The Hall–Kier alpha value is -0.860. The monoisotopic (exact) mass is 287 g/mol. The topological polar surface area (TPSA) is 21.3 Å². The lowest BCUT2D eigenvalue weighted by molar-refractivity contribution is 0.117. The predicted octanol–water partition coefficient (Wildman–Crippen LogP) is 4.03. The number of ether oxygens (including phenoxy) is 1. The first-order valence-corrected chi connectivity index (χ1v) is 8.74. The van der Waals surface area contributed by atoms with Crippen molar-refractivity contribution in [2.45, 2.75) is 64.5 Å². The van der Waals surface area contributed by atoms with Gasteiger partial charge in [0.15, 0.2) is 0 Å². The Morgan fingerprint density at radius 2 is 2.05 bits per heavy atom. The summed E-state index contributed by atoms with van der Waals surface area (Å²) in [6.45, 7) is 6.43. The van der Waals surface area contributed by atoms with Crippen LogP contribution in [0.4, 0.5) is 0 Å². The maximum absolute atomic E-state index is 5.82. The van der Waals surface area contributed by atoms with Gasteiger partial charge in [0.25, 0.3) is 0 Å². The number of hydrogen-bond acceptors (Lipinski definition) is 2. The van der Waals surface area contributed by atoms with E-state index in [2.05, 4.69) is 37.4 Å². The van der Waals surface area contributed by atoms with Crippen molar-refractivity contribution >= 4 is 0 Å². The van der Waals surface area contributed by atoms with Crippen LogP contribution in [0.1, 0.15) is 62.3 Å². The van der Waals surface area contributed by atoms with Gasteiger partial charge in [0.2, 0.25) is 0 Å². The highest BCUT2D eigenvalue weighted by Crippen LogP contribution is 2.33. The molecule has 1 saturated heterocycles. The molecule has 3 unspecified atom stereocenters. The highest BCUT2D eigenvalue weighted by atomic mass is 16.5. The first-order chi connectivity index (χ1) is 10.3. The highest BCUT2D eigenvalue weighted by molar-refractivity contribution is 5.35. The molecule has 1 aliphatic heterocycles. The standard InChI is InChI=1S/C19H29NO/c1-3-10-20-19(18-11-14(2)21-13-18)17-9-8-15-6-4-5-7-16(15)12-17/h8-9,12,14,18-20H,3-7,10-11,13H2,1-2H3. The molecule has 1 aromatic rings. The van der Waals surface area contributed by atoms with E-state index in [4.69, 9.17) is 4.74 Å². The van der Waals surface area contributed by atoms with E-state index in [1.165, 1.54) is 44.1 Å². The maximum atomic E-state index is 5.82. The molecule has 0 bridgehead atoms. The van der Waals surface area contributed by atoms with Crippen LogP contribution in [0.25, 0.3) is 0 Å². The Bertz CT molecular complexity index is 471. The van der Waals surface area contributed by atoms with Gasteiger partial charge in [-0.15, -0.1) is 0 Å². The van der Waals surface area contributed by atoms with Crippen molar-refractivity contribution in [3.8, 4) is 0 Å². The van der Waals surface area contributed by atoms with Gasteiger partial charge in [0, 0.05) is 12.0 Å². The lowest BCUT2D eigenvalue weighted by Crippen LogP contribution is -2.29. The number of benzene rings is 1. The average Bonchev–Trinajstić information content (AvgIpc) is 2.94. The summed E-state index contributed by atoms with van der Waals surface area (Å²) in [5, 5.41) is 3.78. The van der Waals surface area contributed by atoms with Crippen molar-refractivity contribution < 1.29 is 4.74 Å². The van der Waals surface area contributed by atoms with Crippen molar-refractivity contribution in [1.29, 1.82) is 0 Å². The van der Waals surface area contributed by atoms with E-state index in [-0.39, 0.29) is 0 Å². The Morgan fingerprint density at radius 3 is 2.76 bits per heavy atom. The minimum atomic E-state index is 0.415. The minimum absolute atomic E-state index is 0.415. The predicted molar refractivity (Wildman–Crippen MR) is 87.6 cm³/mol. The molecule has 1 aromatic carbocycles. The van der Waals surface area contributed by atoms with E-state index >= 15 is 0 Å². The Morgan fingerprint density at radius 1 is 1.24 bits per heavy atom. The van der Waals surface area contributed by atoms with Crippen LogP contribution in [0.3, 0.4) is 0 Å². The molecule has 2 heteroatoms. The number of aryl methyl sites for hydroxylation is 2. The second-order valence-corrected chi connectivity index (χ2v) is 6.81. The van der Waals surface area contributed by atoms with Crippen LogP contribution < -0.4 is 5.32 Å². The SMILES string of the molecule is CCCNC(c1ccc2c(c1)CCCC2)C1COC(C)C1. The molecule has 1 heterocycles. The zero-order chi connectivity index (χ0) is 14.7. The van der Waals surface area contributed by atoms with Crippen LogP contribution in [0.2, 0.25) is 0 Å². The molecule has 0 aromatic heterocycles. The van der Waals surface area contributed by atoms with E-state index in [1.54, 1.807) is 11.1 Å². The maximum Gasteiger partial charge on any atom is 0.0551 e. The second kappa shape index (κ2) is 6.93. The summed E-state index contributed by atoms with van der Waals surface area (Å²) in [6.07, 6.45) is 8.03. The summed E-state index contributed by atoms with van der Waals surface area (Å²) in [6, 6.07) is 7.68. The number of rotatable bonds is 5. The zero-order valence-electron chi connectivity index (χ0n) is 13.5. The van der Waals surface area contributed by atoms with Crippen LogP contribution in [0, 0.1) is 5.92 Å². The van der Waals surface area contributed by atoms with Crippen LogP contribution in [0.5, 0.6) is 0 Å². The van der Waals surface area contributed by atoms with Crippen molar-refractivity contribution in [2.24, 2.45) is 5.92 Å². The van der Waals surface area contributed by atoms with E-state index in [0.717, 1.165) is 13.2 Å². The third-order valence-electron chi connectivity index (χ3n) is 5.05. The molecule has 1 aliphatic carbocycles. The molecule has 1 fully saturated rings. The third-order valence-corrected chi connectivity index (χ3v) is 5.05. The van der Waals surface area contributed by atoms with E-state index < -0.39 is 0 Å². The van der Waals surface area contributed by atoms with Gasteiger partial charge in [-0.2, -0.15) is 0 Å². The summed E-state index contributed by atoms with van der Waals surface area (Å²) in [5.74, 6) is 0.619. The van der Waals surface area contributed by atoms with Crippen LogP contribution in [-0.4, -0.2) is 19.3 Å². The molecule has 0 amide bonds. The van der Waals surface area contributed by atoms with Gasteiger partial charge in [-0.1, -0.05) is 25.1 Å². The molecule has 116 valence electrons. The molecular formula is C19H29NO. The Balaban J connectivity index is 1.81. The quantitative estimate of drug-likeness (QED) is 0.883. The van der Waals surface area contributed by atoms with Crippen molar-refractivity contribution in [3.05, 3.63) is 34.9 Å². The first kappa shape index (κ1) is 15.1. The van der Waals surface area contributed by atoms with Crippen LogP contribution >= 0.6 is 0 Å².